The number of carbonyl (C=O) groups excluding carboxylic acids is 2. The molecule has 2 heterocycles. The van der Waals surface area contributed by atoms with Crippen LogP contribution in [0.2, 0.25) is 0 Å². The van der Waals surface area contributed by atoms with Crippen molar-refractivity contribution in [3.63, 3.8) is 0 Å². The second-order valence-electron chi connectivity index (χ2n) is 5.92. The third kappa shape index (κ3) is 3.04. The van der Waals surface area contributed by atoms with Crippen LogP contribution in [0.3, 0.4) is 0 Å². The summed E-state index contributed by atoms with van der Waals surface area (Å²) in [7, 11) is 0. The third-order valence-corrected chi connectivity index (χ3v) is 4.23. The first-order valence-electron chi connectivity index (χ1n) is 8.32. The van der Waals surface area contributed by atoms with E-state index in [9.17, 15) is 9.59 Å². The lowest BCUT2D eigenvalue weighted by Gasteiger charge is -2.15. The van der Waals surface area contributed by atoms with Crippen molar-refractivity contribution in [2.45, 2.75) is 0 Å². The number of benzene rings is 2. The molecule has 4 rings (SSSR count). The monoisotopic (exact) mass is 347 g/mol. The molecule has 0 radical (unpaired) electrons. The molecule has 6 nitrogen and oxygen atoms in total. The molecule has 0 saturated carbocycles. The number of hydrogen-bond donors (Lipinski definition) is 2. The van der Waals surface area contributed by atoms with Gasteiger partial charge in [0.25, 0.3) is 5.91 Å². The SMILES string of the molecule is O=C(Nc1cccc(N2CCNC2=O)c1)c1occc1-c1ccccc1. The van der Waals surface area contributed by atoms with E-state index in [-0.39, 0.29) is 17.7 Å². The summed E-state index contributed by atoms with van der Waals surface area (Å²) in [4.78, 5) is 26.1. The summed E-state index contributed by atoms with van der Waals surface area (Å²) in [5.74, 6) is -0.0857. The van der Waals surface area contributed by atoms with E-state index in [1.54, 1.807) is 29.2 Å². The van der Waals surface area contributed by atoms with Crippen LogP contribution in [0, 0.1) is 0 Å². The van der Waals surface area contributed by atoms with Crippen molar-refractivity contribution in [3.8, 4) is 11.1 Å². The average Bonchev–Trinajstić information content (AvgIpc) is 3.31. The molecule has 26 heavy (non-hydrogen) atoms. The van der Waals surface area contributed by atoms with E-state index in [0.717, 1.165) is 16.8 Å². The van der Waals surface area contributed by atoms with Gasteiger partial charge in [0.1, 0.15) is 0 Å². The molecule has 130 valence electrons. The molecule has 1 aliphatic heterocycles. The molecule has 0 bridgehead atoms. The zero-order valence-corrected chi connectivity index (χ0v) is 13.9. The number of urea groups is 1. The molecule has 3 aromatic rings. The fraction of sp³-hybridized carbons (Fsp3) is 0.100. The zero-order chi connectivity index (χ0) is 17.9. The first-order valence-corrected chi connectivity index (χ1v) is 8.32. The van der Waals surface area contributed by atoms with Crippen LogP contribution in [0.4, 0.5) is 16.2 Å². The Balaban J connectivity index is 1.56. The standard InChI is InChI=1S/C20H17N3O3/c24-19(18-17(9-12-26-18)14-5-2-1-3-6-14)22-15-7-4-8-16(13-15)23-11-10-21-20(23)25/h1-9,12-13H,10-11H2,(H,21,25)(H,22,24). The van der Waals surface area contributed by atoms with Gasteiger partial charge >= 0.3 is 6.03 Å². The van der Waals surface area contributed by atoms with Gasteiger partial charge in [0, 0.05) is 30.0 Å². The van der Waals surface area contributed by atoms with Gasteiger partial charge in [-0.1, -0.05) is 36.4 Å². The van der Waals surface area contributed by atoms with E-state index in [0.29, 0.717) is 18.8 Å². The average molecular weight is 347 g/mol. The maximum absolute atomic E-state index is 12.7. The summed E-state index contributed by atoms with van der Waals surface area (Å²) in [6.07, 6.45) is 1.50. The van der Waals surface area contributed by atoms with Gasteiger partial charge in [-0.3, -0.25) is 9.69 Å². The smallest absolute Gasteiger partial charge is 0.321 e. The summed E-state index contributed by atoms with van der Waals surface area (Å²) in [6, 6.07) is 18.4. The van der Waals surface area contributed by atoms with Gasteiger partial charge in [-0.25, -0.2) is 4.79 Å². The fourth-order valence-electron chi connectivity index (χ4n) is 2.99. The predicted octanol–water partition coefficient (Wildman–Crippen LogP) is 3.73. The van der Waals surface area contributed by atoms with Crippen molar-refractivity contribution in [3.05, 3.63) is 72.7 Å². The van der Waals surface area contributed by atoms with Gasteiger partial charge in [0.15, 0.2) is 5.76 Å². The number of rotatable bonds is 4. The molecule has 3 amide bonds. The summed E-state index contributed by atoms with van der Waals surface area (Å²) in [6.45, 7) is 1.22. The minimum absolute atomic E-state index is 0.133. The van der Waals surface area contributed by atoms with Crippen LogP contribution in [0.15, 0.2) is 71.3 Å². The molecule has 2 N–H and O–H groups in total. The Bertz CT molecular complexity index is 950. The molecule has 6 heteroatoms. The van der Waals surface area contributed by atoms with E-state index < -0.39 is 0 Å². The predicted molar refractivity (Wildman–Crippen MR) is 99.3 cm³/mol. The first kappa shape index (κ1) is 16.0. The molecule has 1 aromatic heterocycles. The van der Waals surface area contributed by atoms with Crippen LogP contribution in [-0.4, -0.2) is 25.0 Å². The van der Waals surface area contributed by atoms with Crippen LogP contribution < -0.4 is 15.5 Å². The number of furan rings is 1. The highest BCUT2D eigenvalue weighted by molar-refractivity contribution is 6.07. The van der Waals surface area contributed by atoms with Crippen LogP contribution in [-0.2, 0) is 0 Å². The summed E-state index contributed by atoms with van der Waals surface area (Å²) >= 11 is 0. The van der Waals surface area contributed by atoms with Gasteiger partial charge in [0.05, 0.1) is 6.26 Å². The Morgan fingerprint density at radius 2 is 1.92 bits per heavy atom. The summed E-state index contributed by atoms with van der Waals surface area (Å²) in [5, 5.41) is 5.60. The summed E-state index contributed by atoms with van der Waals surface area (Å²) in [5.41, 5.74) is 2.98. The number of carbonyl (C=O) groups is 2. The van der Waals surface area contributed by atoms with E-state index >= 15 is 0 Å². The molecule has 1 saturated heterocycles. The van der Waals surface area contributed by atoms with Crippen LogP contribution in [0.5, 0.6) is 0 Å². The van der Waals surface area contributed by atoms with Gasteiger partial charge in [-0.2, -0.15) is 0 Å². The van der Waals surface area contributed by atoms with Gasteiger partial charge in [0.2, 0.25) is 0 Å². The molecular formula is C20H17N3O3. The largest absolute Gasteiger partial charge is 0.459 e. The molecule has 0 aliphatic carbocycles. The maximum atomic E-state index is 12.7. The Hall–Kier alpha value is -3.54. The van der Waals surface area contributed by atoms with Gasteiger partial charge in [-0.05, 0) is 29.8 Å². The number of amides is 3. The topological polar surface area (TPSA) is 74.6 Å². The van der Waals surface area contributed by atoms with Crippen molar-refractivity contribution in [2.24, 2.45) is 0 Å². The fourth-order valence-corrected chi connectivity index (χ4v) is 2.99. The number of nitrogens with one attached hydrogen (secondary N) is 2. The van der Waals surface area contributed by atoms with Gasteiger partial charge in [-0.15, -0.1) is 0 Å². The highest BCUT2D eigenvalue weighted by Crippen LogP contribution is 2.26. The van der Waals surface area contributed by atoms with E-state index in [1.165, 1.54) is 6.26 Å². The second-order valence-corrected chi connectivity index (χ2v) is 5.92. The van der Waals surface area contributed by atoms with Crippen molar-refractivity contribution >= 4 is 23.3 Å². The molecule has 1 aliphatic rings. The van der Waals surface area contributed by atoms with Crippen LogP contribution in [0.25, 0.3) is 11.1 Å². The highest BCUT2D eigenvalue weighted by Gasteiger charge is 2.22. The van der Waals surface area contributed by atoms with Crippen molar-refractivity contribution in [2.75, 3.05) is 23.3 Å². The number of nitrogens with zero attached hydrogens (tertiary/aromatic N) is 1. The lowest BCUT2D eigenvalue weighted by atomic mass is 10.1. The molecular weight excluding hydrogens is 330 g/mol. The molecule has 0 spiro atoms. The Labute approximate surface area is 150 Å². The molecule has 0 unspecified atom stereocenters. The zero-order valence-electron chi connectivity index (χ0n) is 13.9. The summed E-state index contributed by atoms with van der Waals surface area (Å²) < 4.78 is 5.41. The Morgan fingerprint density at radius 1 is 1.08 bits per heavy atom. The second kappa shape index (κ2) is 6.76. The maximum Gasteiger partial charge on any atom is 0.321 e. The minimum atomic E-state index is -0.336. The normalized spacial score (nSPS) is 13.5. The highest BCUT2D eigenvalue weighted by atomic mass is 16.3. The molecule has 0 atom stereocenters. The Kier molecular flexibility index (Phi) is 4.15. The minimum Gasteiger partial charge on any atom is -0.459 e. The number of hydrogen-bond acceptors (Lipinski definition) is 3. The van der Waals surface area contributed by atoms with Crippen LogP contribution in [0.1, 0.15) is 10.6 Å². The van der Waals surface area contributed by atoms with Crippen molar-refractivity contribution < 1.29 is 14.0 Å². The van der Waals surface area contributed by atoms with E-state index in [2.05, 4.69) is 10.6 Å². The number of anilines is 2. The lowest BCUT2D eigenvalue weighted by molar-refractivity contribution is 0.0997. The van der Waals surface area contributed by atoms with Crippen molar-refractivity contribution in [1.82, 2.24) is 5.32 Å². The molecule has 2 aromatic carbocycles. The van der Waals surface area contributed by atoms with Gasteiger partial charge < -0.3 is 15.1 Å². The van der Waals surface area contributed by atoms with Crippen molar-refractivity contribution in [1.29, 1.82) is 0 Å². The first-order chi connectivity index (χ1) is 12.7. The van der Waals surface area contributed by atoms with Crippen LogP contribution >= 0.6 is 0 Å². The quantitative estimate of drug-likeness (QED) is 0.755. The Morgan fingerprint density at radius 3 is 2.69 bits per heavy atom. The lowest BCUT2D eigenvalue weighted by Crippen LogP contribution is -2.27. The van der Waals surface area contributed by atoms with E-state index in [4.69, 9.17) is 4.42 Å². The van der Waals surface area contributed by atoms with E-state index in [1.807, 2.05) is 36.4 Å². The third-order valence-electron chi connectivity index (χ3n) is 4.23. The molecule has 1 fully saturated rings.